The maximum absolute atomic E-state index is 13.3. The molecule has 3 rings (SSSR count). The van der Waals surface area contributed by atoms with E-state index in [-0.39, 0.29) is 11.4 Å². The van der Waals surface area contributed by atoms with E-state index >= 15 is 0 Å². The van der Waals surface area contributed by atoms with E-state index in [4.69, 9.17) is 10.7 Å². The number of nitrogens with two attached hydrogens (primary N) is 1. The van der Waals surface area contributed by atoms with Crippen LogP contribution in [0.5, 0.6) is 0 Å². The van der Waals surface area contributed by atoms with E-state index in [2.05, 4.69) is 31.1 Å². The molecule has 26 heavy (non-hydrogen) atoms. The molecule has 5 nitrogen and oxygen atoms in total. The molecule has 0 saturated carbocycles. The van der Waals surface area contributed by atoms with Crippen LogP contribution < -0.4 is 11.1 Å². The maximum Gasteiger partial charge on any atom is 0.138 e. The molecule has 0 radical (unpaired) electrons. The number of hydrogen-bond acceptors (Lipinski definition) is 3. The third kappa shape index (κ3) is 4.08. The number of aromatic nitrogens is 2. The van der Waals surface area contributed by atoms with Crippen molar-refractivity contribution < 1.29 is 4.39 Å². The van der Waals surface area contributed by atoms with Crippen molar-refractivity contribution in [1.29, 1.82) is 0 Å². The van der Waals surface area contributed by atoms with Gasteiger partial charge >= 0.3 is 0 Å². The Bertz CT molecular complexity index is 920. The Morgan fingerprint density at radius 1 is 1.23 bits per heavy atom. The number of imidazole rings is 1. The summed E-state index contributed by atoms with van der Waals surface area (Å²) < 4.78 is 15.3. The Hall–Kier alpha value is -2.73. The van der Waals surface area contributed by atoms with Crippen LogP contribution in [0.4, 0.5) is 4.39 Å². The number of rotatable bonds is 5. The van der Waals surface area contributed by atoms with Crippen molar-refractivity contribution in [3.8, 4) is 11.3 Å². The van der Waals surface area contributed by atoms with Crippen LogP contribution in [0.3, 0.4) is 0 Å². The number of pyridine rings is 1. The largest absolute Gasteiger partial charge is 0.372 e. The Morgan fingerprint density at radius 3 is 2.62 bits per heavy atom. The van der Waals surface area contributed by atoms with Gasteiger partial charge in [0, 0.05) is 23.8 Å². The molecule has 3 N–H and O–H groups in total. The zero-order valence-electron chi connectivity index (χ0n) is 15.3. The number of fused-ring (bicyclic) bond motifs is 1. The summed E-state index contributed by atoms with van der Waals surface area (Å²) in [5.41, 5.74) is 10.1. The molecule has 2 heterocycles. The lowest BCUT2D eigenvalue weighted by atomic mass is 10.1. The fourth-order valence-electron chi connectivity index (χ4n) is 2.63. The van der Waals surface area contributed by atoms with Gasteiger partial charge in [0.25, 0.3) is 0 Å². The smallest absolute Gasteiger partial charge is 0.138 e. The van der Waals surface area contributed by atoms with E-state index in [0.29, 0.717) is 13.1 Å². The summed E-state index contributed by atoms with van der Waals surface area (Å²) >= 11 is 0. The van der Waals surface area contributed by atoms with Gasteiger partial charge in [0.05, 0.1) is 24.3 Å². The van der Waals surface area contributed by atoms with E-state index < -0.39 is 0 Å². The van der Waals surface area contributed by atoms with Crippen LogP contribution in [0.1, 0.15) is 32.0 Å². The van der Waals surface area contributed by atoms with Crippen molar-refractivity contribution in [3.05, 3.63) is 59.7 Å². The van der Waals surface area contributed by atoms with E-state index in [9.17, 15) is 4.39 Å². The first-order valence-corrected chi connectivity index (χ1v) is 8.59. The van der Waals surface area contributed by atoms with Gasteiger partial charge in [-0.25, -0.2) is 9.37 Å². The van der Waals surface area contributed by atoms with Crippen LogP contribution in [-0.2, 0) is 13.1 Å². The summed E-state index contributed by atoms with van der Waals surface area (Å²) in [5.74, 6) is -0.267. The average molecular weight is 353 g/mol. The Kier molecular flexibility index (Phi) is 5.04. The Balaban J connectivity index is 2.02. The monoisotopic (exact) mass is 353 g/mol. The number of nitrogens with zero attached hydrogens (tertiary/aromatic N) is 3. The molecule has 0 atom stereocenters. The van der Waals surface area contributed by atoms with E-state index in [1.54, 1.807) is 18.5 Å². The van der Waals surface area contributed by atoms with Crippen LogP contribution in [0.2, 0.25) is 0 Å². The molecule has 0 unspecified atom stereocenters. The topological polar surface area (TPSA) is 67.7 Å². The zero-order chi connectivity index (χ0) is 18.7. The molecule has 0 aliphatic carbocycles. The molecule has 0 amide bonds. The first-order valence-electron chi connectivity index (χ1n) is 8.59. The van der Waals surface area contributed by atoms with Crippen LogP contribution in [0, 0.1) is 5.82 Å². The molecule has 3 aromatic rings. The summed E-state index contributed by atoms with van der Waals surface area (Å²) in [4.78, 5) is 9.24. The fourth-order valence-corrected chi connectivity index (χ4v) is 2.63. The Labute approximate surface area is 152 Å². The second-order valence-electron chi connectivity index (χ2n) is 7.25. The highest BCUT2D eigenvalue weighted by Crippen LogP contribution is 2.26. The second-order valence-corrected chi connectivity index (χ2v) is 7.25. The minimum absolute atomic E-state index is 0.0429. The summed E-state index contributed by atoms with van der Waals surface area (Å²) in [6.07, 6.45) is 3.68. The van der Waals surface area contributed by atoms with Gasteiger partial charge in [0.15, 0.2) is 0 Å². The van der Waals surface area contributed by atoms with Gasteiger partial charge in [0.1, 0.15) is 11.5 Å². The minimum atomic E-state index is -0.267. The first-order chi connectivity index (χ1) is 12.4. The molecular formula is C20H24FN5. The average Bonchev–Trinajstić information content (AvgIpc) is 2.96. The predicted molar refractivity (Wildman–Crippen MR) is 104 cm³/mol. The van der Waals surface area contributed by atoms with Crippen molar-refractivity contribution in [2.75, 3.05) is 0 Å². The number of aliphatic imine (C=N–C) groups is 1. The maximum atomic E-state index is 13.3. The van der Waals surface area contributed by atoms with Gasteiger partial charge in [-0.3, -0.25) is 4.99 Å². The minimum Gasteiger partial charge on any atom is -0.372 e. The highest BCUT2D eigenvalue weighted by molar-refractivity contribution is 5.67. The van der Waals surface area contributed by atoms with Gasteiger partial charge in [-0.2, -0.15) is 0 Å². The fraction of sp³-hybridized carbons (Fsp3) is 0.300. The first kappa shape index (κ1) is 18.1. The highest BCUT2D eigenvalue weighted by Gasteiger charge is 2.14. The quantitative estimate of drug-likeness (QED) is 0.545. The van der Waals surface area contributed by atoms with Crippen LogP contribution in [0.25, 0.3) is 16.9 Å². The third-order valence-electron chi connectivity index (χ3n) is 3.97. The molecule has 136 valence electrons. The summed E-state index contributed by atoms with van der Waals surface area (Å²) in [5, 5.41) is 3.23. The second kappa shape index (κ2) is 7.25. The molecule has 0 aliphatic rings. The van der Waals surface area contributed by atoms with Gasteiger partial charge in [-0.1, -0.05) is 0 Å². The number of benzene rings is 1. The highest BCUT2D eigenvalue weighted by atomic mass is 19.1. The molecule has 2 aromatic heterocycles. The van der Waals surface area contributed by atoms with Crippen LogP contribution in [0.15, 0.2) is 47.6 Å². The lowest BCUT2D eigenvalue weighted by Gasteiger charge is -2.17. The van der Waals surface area contributed by atoms with Crippen molar-refractivity contribution in [3.63, 3.8) is 0 Å². The van der Waals surface area contributed by atoms with Gasteiger partial charge in [0.2, 0.25) is 0 Å². The molecular weight excluding hydrogens is 329 g/mol. The van der Waals surface area contributed by atoms with Gasteiger partial charge in [-0.15, -0.1) is 0 Å². The normalized spacial score (nSPS) is 12.2. The Morgan fingerprint density at radius 2 is 1.96 bits per heavy atom. The van der Waals surface area contributed by atoms with Gasteiger partial charge < -0.3 is 15.5 Å². The summed E-state index contributed by atoms with van der Waals surface area (Å²) in [7, 11) is 0. The van der Waals surface area contributed by atoms with E-state index in [1.807, 2.05) is 22.7 Å². The molecule has 0 fully saturated rings. The van der Waals surface area contributed by atoms with Gasteiger partial charge in [-0.05, 0) is 62.7 Å². The van der Waals surface area contributed by atoms with Crippen molar-refractivity contribution in [2.45, 2.75) is 39.4 Å². The summed E-state index contributed by atoms with van der Waals surface area (Å²) in [6, 6.07) is 10.3. The standard InChI is InChI=1S/C20H24FN5/c1-20(2,3)24-13-23-12-17-19(15-4-6-16(21)7-5-15)25-18-10-14(11-22)8-9-26(17)18/h4-10,13H,11-12,22H2,1-3H3,(H,23,24). The number of hydrogen-bond donors (Lipinski definition) is 2. The summed E-state index contributed by atoms with van der Waals surface area (Å²) in [6.45, 7) is 7.14. The molecule has 0 aliphatic heterocycles. The molecule has 0 bridgehead atoms. The zero-order valence-corrected chi connectivity index (χ0v) is 15.3. The number of halogens is 1. The van der Waals surface area contributed by atoms with E-state index in [1.165, 1.54) is 12.1 Å². The molecule has 0 saturated heterocycles. The lowest BCUT2D eigenvalue weighted by molar-refractivity contribution is 0.516. The SMILES string of the molecule is CC(C)(C)NC=NCc1c(-c2ccc(F)cc2)nc2cc(CN)ccn12. The number of nitrogens with one attached hydrogen (secondary N) is 1. The van der Waals surface area contributed by atoms with Crippen LogP contribution >= 0.6 is 0 Å². The molecule has 6 heteroatoms. The third-order valence-corrected chi connectivity index (χ3v) is 3.97. The van der Waals surface area contributed by atoms with Crippen LogP contribution in [-0.4, -0.2) is 21.3 Å². The molecule has 0 spiro atoms. The molecule has 1 aromatic carbocycles. The van der Waals surface area contributed by atoms with Crippen molar-refractivity contribution in [1.82, 2.24) is 14.7 Å². The lowest BCUT2D eigenvalue weighted by Crippen LogP contribution is -2.34. The van der Waals surface area contributed by atoms with Crippen molar-refractivity contribution in [2.24, 2.45) is 10.7 Å². The van der Waals surface area contributed by atoms with Crippen molar-refractivity contribution >= 4 is 12.0 Å². The van der Waals surface area contributed by atoms with E-state index in [0.717, 1.165) is 28.2 Å². The predicted octanol–water partition coefficient (Wildman–Crippen LogP) is 3.52.